The van der Waals surface area contributed by atoms with Crippen LogP contribution in [0, 0.1) is 11.6 Å². The van der Waals surface area contributed by atoms with Gasteiger partial charge in [0.1, 0.15) is 11.6 Å². The summed E-state index contributed by atoms with van der Waals surface area (Å²) in [6.07, 6.45) is 0.321. The minimum absolute atomic E-state index is 0.321. The van der Waals surface area contributed by atoms with E-state index in [2.05, 4.69) is 0 Å². The first-order valence-electron chi connectivity index (χ1n) is 5.87. The largest absolute Gasteiger partial charge is 0.321 e. The lowest BCUT2D eigenvalue weighted by molar-refractivity contribution is 0.486. The fourth-order valence-electron chi connectivity index (χ4n) is 2.08. The predicted molar refractivity (Wildman–Crippen MR) is 73.1 cm³/mol. The molecule has 2 aromatic carbocycles. The van der Waals surface area contributed by atoms with Gasteiger partial charge in [-0.25, -0.2) is 8.78 Å². The van der Waals surface area contributed by atoms with Gasteiger partial charge in [-0.05, 0) is 48.7 Å². The third-order valence-corrected chi connectivity index (χ3v) is 3.21. The van der Waals surface area contributed by atoms with Crippen LogP contribution in [0.4, 0.5) is 8.78 Å². The molecule has 19 heavy (non-hydrogen) atoms. The van der Waals surface area contributed by atoms with Crippen LogP contribution in [0.3, 0.4) is 0 Å². The smallest absolute Gasteiger partial charge is 0.126 e. The minimum atomic E-state index is -0.745. The van der Waals surface area contributed by atoms with Crippen LogP contribution in [-0.4, -0.2) is 0 Å². The summed E-state index contributed by atoms with van der Waals surface area (Å²) in [7, 11) is 0. The summed E-state index contributed by atoms with van der Waals surface area (Å²) in [5, 5.41) is 0.583. The van der Waals surface area contributed by atoms with Crippen molar-refractivity contribution in [3.63, 3.8) is 0 Å². The fourth-order valence-corrected chi connectivity index (χ4v) is 2.27. The first-order chi connectivity index (χ1) is 8.87. The van der Waals surface area contributed by atoms with Gasteiger partial charge in [-0.3, -0.25) is 0 Å². The van der Waals surface area contributed by atoms with Crippen LogP contribution < -0.4 is 5.73 Å². The molecule has 0 saturated carbocycles. The Labute approximate surface area is 116 Å². The van der Waals surface area contributed by atoms with Crippen molar-refractivity contribution in [3.8, 4) is 0 Å². The van der Waals surface area contributed by atoms with E-state index in [0.29, 0.717) is 17.0 Å². The van der Waals surface area contributed by atoms with Crippen molar-refractivity contribution in [1.82, 2.24) is 0 Å². The second-order valence-electron chi connectivity index (χ2n) is 4.88. The highest BCUT2D eigenvalue weighted by atomic mass is 35.5. The Morgan fingerprint density at radius 3 is 2.32 bits per heavy atom. The minimum Gasteiger partial charge on any atom is -0.321 e. The third-order valence-electron chi connectivity index (χ3n) is 2.98. The second-order valence-corrected chi connectivity index (χ2v) is 5.32. The van der Waals surface area contributed by atoms with Crippen molar-refractivity contribution in [3.05, 3.63) is 70.2 Å². The molecule has 4 heteroatoms. The van der Waals surface area contributed by atoms with E-state index in [1.807, 2.05) is 13.0 Å². The normalized spacial score (nSPS) is 14.2. The van der Waals surface area contributed by atoms with E-state index in [4.69, 9.17) is 17.3 Å². The molecule has 0 fully saturated rings. The molecule has 0 aliphatic heterocycles. The van der Waals surface area contributed by atoms with Gasteiger partial charge in [0.15, 0.2) is 0 Å². The van der Waals surface area contributed by atoms with Gasteiger partial charge in [-0.1, -0.05) is 23.7 Å². The van der Waals surface area contributed by atoms with Crippen LogP contribution in [0.25, 0.3) is 0 Å². The van der Waals surface area contributed by atoms with Crippen molar-refractivity contribution in [2.24, 2.45) is 5.73 Å². The molecule has 0 bridgehead atoms. The quantitative estimate of drug-likeness (QED) is 0.903. The maximum atomic E-state index is 13.2. The highest BCUT2D eigenvalue weighted by Crippen LogP contribution is 2.25. The van der Waals surface area contributed by atoms with Gasteiger partial charge in [0.2, 0.25) is 0 Å². The second kappa shape index (κ2) is 5.27. The van der Waals surface area contributed by atoms with Crippen LogP contribution >= 0.6 is 11.6 Å². The van der Waals surface area contributed by atoms with E-state index < -0.39 is 17.2 Å². The Bertz CT molecular complexity index is 576. The number of benzene rings is 2. The van der Waals surface area contributed by atoms with E-state index >= 15 is 0 Å². The Hall–Kier alpha value is -1.45. The number of halogens is 3. The molecule has 0 aromatic heterocycles. The van der Waals surface area contributed by atoms with Gasteiger partial charge < -0.3 is 5.73 Å². The molecule has 100 valence electrons. The highest BCUT2D eigenvalue weighted by molar-refractivity contribution is 6.30. The summed E-state index contributed by atoms with van der Waals surface area (Å²) in [5.74, 6) is -1.20. The standard InChI is InChI=1S/C15H14ClF2N/c1-15(19,11-3-2-4-12(16)7-11)9-10-5-13(17)8-14(18)6-10/h2-8H,9,19H2,1H3. The Balaban J connectivity index is 2.30. The first-order valence-corrected chi connectivity index (χ1v) is 6.24. The number of hydrogen-bond acceptors (Lipinski definition) is 1. The highest BCUT2D eigenvalue weighted by Gasteiger charge is 2.22. The Morgan fingerprint density at radius 2 is 1.74 bits per heavy atom. The zero-order valence-corrected chi connectivity index (χ0v) is 11.2. The first kappa shape index (κ1) is 14.0. The van der Waals surface area contributed by atoms with Crippen LogP contribution in [0.2, 0.25) is 5.02 Å². The monoisotopic (exact) mass is 281 g/mol. The number of hydrogen-bond donors (Lipinski definition) is 1. The average molecular weight is 282 g/mol. The van der Waals surface area contributed by atoms with Crippen LogP contribution in [0.5, 0.6) is 0 Å². The van der Waals surface area contributed by atoms with E-state index in [-0.39, 0.29) is 0 Å². The predicted octanol–water partition coefficient (Wildman–Crippen LogP) is 4.03. The van der Waals surface area contributed by atoms with E-state index in [1.54, 1.807) is 18.2 Å². The molecule has 0 heterocycles. The van der Waals surface area contributed by atoms with Gasteiger partial charge in [0.25, 0.3) is 0 Å². The molecular weight excluding hydrogens is 268 g/mol. The maximum absolute atomic E-state index is 13.2. The lowest BCUT2D eigenvalue weighted by Crippen LogP contribution is -2.35. The summed E-state index contributed by atoms with van der Waals surface area (Å²) in [4.78, 5) is 0. The van der Waals surface area contributed by atoms with Crippen molar-refractivity contribution in [1.29, 1.82) is 0 Å². The molecule has 1 nitrogen and oxygen atoms in total. The van der Waals surface area contributed by atoms with Gasteiger partial charge >= 0.3 is 0 Å². The summed E-state index contributed by atoms with van der Waals surface area (Å²) in [6, 6.07) is 10.6. The zero-order chi connectivity index (χ0) is 14.0. The molecule has 2 rings (SSSR count). The molecule has 2 aromatic rings. The molecule has 1 unspecified atom stereocenters. The lowest BCUT2D eigenvalue weighted by atomic mass is 9.86. The fraction of sp³-hybridized carbons (Fsp3) is 0.200. The molecule has 0 aliphatic rings. The molecule has 2 N–H and O–H groups in total. The van der Waals surface area contributed by atoms with Gasteiger partial charge in [0.05, 0.1) is 0 Å². The van der Waals surface area contributed by atoms with Crippen LogP contribution in [-0.2, 0) is 12.0 Å². The number of nitrogens with two attached hydrogens (primary N) is 1. The summed E-state index contributed by atoms with van der Waals surface area (Å²) in [5.41, 5.74) is 6.83. The topological polar surface area (TPSA) is 26.0 Å². The lowest BCUT2D eigenvalue weighted by Gasteiger charge is -2.25. The zero-order valence-electron chi connectivity index (χ0n) is 10.5. The summed E-state index contributed by atoms with van der Waals surface area (Å²) >= 11 is 5.93. The van der Waals surface area contributed by atoms with E-state index in [1.165, 1.54) is 12.1 Å². The van der Waals surface area contributed by atoms with Crippen molar-refractivity contribution >= 4 is 11.6 Å². The summed E-state index contributed by atoms with van der Waals surface area (Å²) < 4.78 is 26.3. The van der Waals surface area contributed by atoms with Gasteiger partial charge in [-0.2, -0.15) is 0 Å². The molecule has 0 aliphatic carbocycles. The average Bonchev–Trinajstić information content (AvgIpc) is 2.26. The van der Waals surface area contributed by atoms with Crippen molar-refractivity contribution < 1.29 is 8.78 Å². The van der Waals surface area contributed by atoms with Gasteiger partial charge in [0, 0.05) is 16.6 Å². The molecule has 0 amide bonds. The van der Waals surface area contributed by atoms with E-state index in [9.17, 15) is 8.78 Å². The molecule has 0 radical (unpaired) electrons. The van der Waals surface area contributed by atoms with Crippen molar-refractivity contribution in [2.45, 2.75) is 18.9 Å². The molecular formula is C15H14ClF2N. The molecule has 0 spiro atoms. The maximum Gasteiger partial charge on any atom is 0.126 e. The molecule has 1 atom stereocenters. The number of rotatable bonds is 3. The van der Waals surface area contributed by atoms with Crippen LogP contribution in [0.15, 0.2) is 42.5 Å². The van der Waals surface area contributed by atoms with Crippen molar-refractivity contribution in [2.75, 3.05) is 0 Å². The SMILES string of the molecule is CC(N)(Cc1cc(F)cc(F)c1)c1cccc(Cl)c1. The summed E-state index contributed by atoms with van der Waals surface area (Å²) in [6.45, 7) is 1.81. The Morgan fingerprint density at radius 1 is 1.11 bits per heavy atom. The molecule has 0 saturated heterocycles. The van der Waals surface area contributed by atoms with Crippen LogP contribution in [0.1, 0.15) is 18.1 Å². The Kier molecular flexibility index (Phi) is 3.88. The van der Waals surface area contributed by atoms with E-state index in [0.717, 1.165) is 11.6 Å². The van der Waals surface area contributed by atoms with Gasteiger partial charge in [-0.15, -0.1) is 0 Å². The third kappa shape index (κ3) is 3.52.